The smallest absolute Gasteiger partial charge is 0.294 e. The lowest BCUT2D eigenvalue weighted by molar-refractivity contribution is -0.124. The lowest BCUT2D eigenvalue weighted by Gasteiger charge is -2.29. The molecule has 2 heterocycles. The maximum absolute atomic E-state index is 12.5. The monoisotopic (exact) mass is 346 g/mol. The van der Waals surface area contributed by atoms with Crippen LogP contribution < -0.4 is 4.74 Å². The summed E-state index contributed by atoms with van der Waals surface area (Å²) in [6.07, 6.45) is 5.28. The number of piperidine rings is 1. The van der Waals surface area contributed by atoms with Gasteiger partial charge in [0, 0.05) is 0 Å². The molecule has 0 atom stereocenters. The fourth-order valence-corrected chi connectivity index (χ4v) is 3.73. The minimum atomic E-state index is -0.190. The van der Waals surface area contributed by atoms with Crippen LogP contribution in [0.4, 0.5) is 4.79 Å². The molecule has 0 unspecified atom stereocenters. The number of ether oxygens (including phenoxy) is 1. The second-order valence-corrected chi connectivity index (χ2v) is 6.93. The molecule has 0 radical (unpaired) electrons. The number of carbonyl (C=O) groups excluding carboxylic acids is 2. The zero-order chi connectivity index (χ0) is 16.9. The van der Waals surface area contributed by atoms with E-state index in [0.717, 1.165) is 49.0 Å². The largest absolute Gasteiger partial charge is 0.494 e. The average molecular weight is 346 g/mol. The summed E-state index contributed by atoms with van der Waals surface area (Å²) in [5.74, 6) is 0.609. The molecule has 5 nitrogen and oxygen atoms in total. The van der Waals surface area contributed by atoms with Gasteiger partial charge in [-0.05, 0) is 68.4 Å². The molecule has 0 saturated carbocycles. The highest BCUT2D eigenvalue weighted by molar-refractivity contribution is 8.18. The molecule has 24 heavy (non-hydrogen) atoms. The highest BCUT2D eigenvalue weighted by Crippen LogP contribution is 2.32. The zero-order valence-electron chi connectivity index (χ0n) is 13.9. The second-order valence-electron chi connectivity index (χ2n) is 5.93. The Labute approximate surface area is 146 Å². The zero-order valence-corrected chi connectivity index (χ0v) is 14.7. The third kappa shape index (κ3) is 3.99. The SMILES string of the molecule is CCOc1ccc(/C=C2\SC(=O)N(CN3CCCCC3)C2=O)cc1. The van der Waals surface area contributed by atoms with Gasteiger partial charge in [0.2, 0.25) is 0 Å². The van der Waals surface area contributed by atoms with Crippen molar-refractivity contribution in [1.29, 1.82) is 0 Å². The number of carbonyl (C=O) groups is 2. The van der Waals surface area contributed by atoms with E-state index in [9.17, 15) is 9.59 Å². The van der Waals surface area contributed by atoms with Gasteiger partial charge in [0.05, 0.1) is 18.2 Å². The minimum Gasteiger partial charge on any atom is -0.494 e. The summed E-state index contributed by atoms with van der Waals surface area (Å²) in [7, 11) is 0. The van der Waals surface area contributed by atoms with Gasteiger partial charge in [0.15, 0.2) is 0 Å². The van der Waals surface area contributed by atoms with Crippen LogP contribution >= 0.6 is 11.8 Å². The summed E-state index contributed by atoms with van der Waals surface area (Å²) in [4.78, 5) is 28.7. The van der Waals surface area contributed by atoms with E-state index < -0.39 is 0 Å². The molecule has 2 saturated heterocycles. The van der Waals surface area contributed by atoms with Crippen molar-refractivity contribution in [3.63, 3.8) is 0 Å². The van der Waals surface area contributed by atoms with Crippen LogP contribution in [-0.2, 0) is 4.79 Å². The summed E-state index contributed by atoms with van der Waals surface area (Å²) in [6.45, 7) is 4.88. The molecule has 0 bridgehead atoms. The van der Waals surface area contributed by atoms with E-state index in [4.69, 9.17) is 4.74 Å². The summed E-state index contributed by atoms with van der Waals surface area (Å²) >= 11 is 1.02. The molecule has 128 valence electrons. The first kappa shape index (κ1) is 17.0. The Bertz CT molecular complexity index is 636. The number of imide groups is 1. The first-order chi connectivity index (χ1) is 11.7. The van der Waals surface area contributed by atoms with Gasteiger partial charge >= 0.3 is 0 Å². The Hall–Kier alpha value is -1.79. The number of hydrogen-bond acceptors (Lipinski definition) is 5. The summed E-state index contributed by atoms with van der Waals surface area (Å²) in [5.41, 5.74) is 0.891. The Kier molecular flexibility index (Phi) is 5.58. The number of likely N-dealkylation sites (tertiary alicyclic amines) is 1. The fourth-order valence-electron chi connectivity index (χ4n) is 2.90. The maximum atomic E-state index is 12.5. The predicted molar refractivity (Wildman–Crippen MR) is 95.7 cm³/mol. The second kappa shape index (κ2) is 7.85. The summed E-state index contributed by atoms with van der Waals surface area (Å²) in [6, 6.07) is 7.52. The number of rotatable bonds is 5. The van der Waals surface area contributed by atoms with Crippen LogP contribution in [0, 0.1) is 0 Å². The van der Waals surface area contributed by atoms with E-state index >= 15 is 0 Å². The Morgan fingerprint density at radius 1 is 1.12 bits per heavy atom. The van der Waals surface area contributed by atoms with E-state index in [1.54, 1.807) is 6.08 Å². The Balaban J connectivity index is 1.68. The number of thioether (sulfide) groups is 1. The Morgan fingerprint density at radius 2 is 1.83 bits per heavy atom. The molecule has 0 aromatic heterocycles. The van der Waals surface area contributed by atoms with Gasteiger partial charge in [-0.15, -0.1) is 0 Å². The van der Waals surface area contributed by atoms with Crippen LogP contribution in [-0.4, -0.2) is 47.3 Å². The van der Waals surface area contributed by atoms with Crippen molar-refractivity contribution in [2.24, 2.45) is 0 Å². The summed E-state index contributed by atoms with van der Waals surface area (Å²) in [5, 5.41) is -0.178. The molecule has 3 rings (SSSR count). The van der Waals surface area contributed by atoms with Gasteiger partial charge in [-0.1, -0.05) is 18.6 Å². The van der Waals surface area contributed by atoms with E-state index in [0.29, 0.717) is 18.2 Å². The number of amides is 2. The standard InChI is InChI=1S/C18H22N2O3S/c1-2-23-15-8-6-14(7-9-15)12-16-17(21)20(18(22)24-16)13-19-10-4-3-5-11-19/h6-9,12H,2-5,10-11,13H2,1H3/b16-12-. The van der Waals surface area contributed by atoms with Crippen molar-refractivity contribution in [2.75, 3.05) is 26.4 Å². The molecule has 1 aromatic carbocycles. The first-order valence-corrected chi connectivity index (χ1v) is 9.19. The molecular formula is C18H22N2O3S. The average Bonchev–Trinajstić information content (AvgIpc) is 2.85. The van der Waals surface area contributed by atoms with E-state index in [1.807, 2.05) is 31.2 Å². The van der Waals surface area contributed by atoms with Crippen LogP contribution in [0.1, 0.15) is 31.7 Å². The molecule has 2 fully saturated rings. The van der Waals surface area contributed by atoms with Crippen LogP contribution in [0.25, 0.3) is 6.08 Å². The Morgan fingerprint density at radius 3 is 2.50 bits per heavy atom. The van der Waals surface area contributed by atoms with E-state index in [1.165, 1.54) is 11.3 Å². The van der Waals surface area contributed by atoms with Gasteiger partial charge in [0.1, 0.15) is 5.75 Å². The summed E-state index contributed by atoms with van der Waals surface area (Å²) < 4.78 is 5.41. The lowest BCUT2D eigenvalue weighted by atomic mass is 10.1. The normalized spacial score (nSPS) is 20.9. The van der Waals surface area contributed by atoms with Crippen molar-refractivity contribution in [3.05, 3.63) is 34.7 Å². The minimum absolute atomic E-state index is 0.178. The van der Waals surface area contributed by atoms with Gasteiger partial charge in [0.25, 0.3) is 11.1 Å². The van der Waals surface area contributed by atoms with Gasteiger partial charge in [-0.25, -0.2) is 0 Å². The third-order valence-electron chi connectivity index (χ3n) is 4.15. The molecule has 0 aliphatic carbocycles. The number of hydrogen-bond donors (Lipinski definition) is 0. The van der Waals surface area contributed by atoms with Crippen molar-refractivity contribution in [3.8, 4) is 5.75 Å². The quantitative estimate of drug-likeness (QED) is 0.763. The van der Waals surface area contributed by atoms with Crippen LogP contribution in [0.3, 0.4) is 0 Å². The molecule has 0 spiro atoms. The van der Waals surface area contributed by atoms with Crippen LogP contribution in [0.5, 0.6) is 5.75 Å². The highest BCUT2D eigenvalue weighted by Gasteiger charge is 2.36. The molecule has 1 aromatic rings. The van der Waals surface area contributed by atoms with Crippen molar-refractivity contribution in [1.82, 2.24) is 9.80 Å². The first-order valence-electron chi connectivity index (χ1n) is 8.38. The molecule has 2 aliphatic heterocycles. The number of benzene rings is 1. The van der Waals surface area contributed by atoms with Gasteiger partial charge < -0.3 is 4.74 Å². The third-order valence-corrected chi connectivity index (χ3v) is 5.06. The molecular weight excluding hydrogens is 324 g/mol. The molecule has 6 heteroatoms. The highest BCUT2D eigenvalue weighted by atomic mass is 32.2. The topological polar surface area (TPSA) is 49.9 Å². The fraction of sp³-hybridized carbons (Fsp3) is 0.444. The van der Waals surface area contributed by atoms with Crippen LogP contribution in [0.2, 0.25) is 0 Å². The van der Waals surface area contributed by atoms with Gasteiger partial charge in [-0.3, -0.25) is 19.4 Å². The van der Waals surface area contributed by atoms with Crippen LogP contribution in [0.15, 0.2) is 29.2 Å². The molecule has 0 N–H and O–H groups in total. The van der Waals surface area contributed by atoms with E-state index in [2.05, 4.69) is 4.90 Å². The molecule has 2 aliphatic rings. The van der Waals surface area contributed by atoms with Crippen molar-refractivity contribution in [2.45, 2.75) is 26.2 Å². The van der Waals surface area contributed by atoms with Gasteiger partial charge in [-0.2, -0.15) is 0 Å². The van der Waals surface area contributed by atoms with E-state index in [-0.39, 0.29) is 11.1 Å². The van der Waals surface area contributed by atoms with Crippen molar-refractivity contribution >= 4 is 29.0 Å². The lowest BCUT2D eigenvalue weighted by Crippen LogP contribution is -2.42. The molecule has 2 amide bonds. The number of nitrogens with zero attached hydrogens (tertiary/aromatic N) is 2. The van der Waals surface area contributed by atoms with Crippen molar-refractivity contribution < 1.29 is 14.3 Å². The maximum Gasteiger partial charge on any atom is 0.294 e. The predicted octanol–water partition coefficient (Wildman–Crippen LogP) is 3.57.